The molecule has 3 nitrogen and oxygen atoms in total. The fraction of sp³-hybridized carbons (Fsp3) is 0.586. The van der Waals surface area contributed by atoms with Crippen LogP contribution in [0.5, 0.6) is 5.75 Å². The molecule has 0 spiro atoms. The Hall–Kier alpha value is -1.84. The zero-order chi connectivity index (χ0) is 23.6. The number of likely N-dealkylation sites (tertiary alicyclic amines) is 1. The van der Waals surface area contributed by atoms with Crippen LogP contribution < -0.4 is 4.74 Å². The van der Waals surface area contributed by atoms with Gasteiger partial charge in [0.15, 0.2) is 0 Å². The van der Waals surface area contributed by atoms with Crippen molar-refractivity contribution in [3.63, 3.8) is 0 Å². The van der Waals surface area contributed by atoms with Gasteiger partial charge in [-0.1, -0.05) is 83.5 Å². The molecule has 0 bridgehead atoms. The van der Waals surface area contributed by atoms with Gasteiger partial charge in [0, 0.05) is 18.4 Å². The van der Waals surface area contributed by atoms with Crippen LogP contribution in [-0.2, 0) is 17.4 Å². The SMILES string of the molecule is Cc1ccc(C[N+]2(CC(O)COc3ccc(C(C)(C)C)cc3C(C)(C)C)CCCC2)cc1. The van der Waals surface area contributed by atoms with Crippen molar-refractivity contribution in [3.8, 4) is 5.75 Å². The number of aryl methyl sites for hydroxylation is 1. The van der Waals surface area contributed by atoms with Crippen molar-refractivity contribution >= 4 is 0 Å². The van der Waals surface area contributed by atoms with E-state index in [9.17, 15) is 5.11 Å². The molecule has 0 aliphatic carbocycles. The Balaban J connectivity index is 1.70. The molecule has 1 N–H and O–H groups in total. The predicted octanol–water partition coefficient (Wildman–Crippen LogP) is 6.14. The summed E-state index contributed by atoms with van der Waals surface area (Å²) in [6, 6.07) is 15.4. The minimum atomic E-state index is -0.478. The second-order valence-electron chi connectivity index (χ2n) is 12.0. The van der Waals surface area contributed by atoms with E-state index in [2.05, 4.69) is 90.9 Å². The number of rotatable bonds is 7. The average Bonchev–Trinajstić information content (AvgIpc) is 3.14. The maximum Gasteiger partial charge on any atom is 0.137 e. The summed E-state index contributed by atoms with van der Waals surface area (Å²) in [5.41, 5.74) is 5.26. The lowest BCUT2D eigenvalue weighted by molar-refractivity contribution is -0.932. The molecule has 1 fully saturated rings. The van der Waals surface area contributed by atoms with Crippen molar-refractivity contribution in [1.82, 2.24) is 0 Å². The minimum absolute atomic E-state index is 0.0181. The number of benzene rings is 2. The number of nitrogens with zero attached hydrogens (tertiary/aromatic N) is 1. The molecule has 0 aromatic heterocycles. The van der Waals surface area contributed by atoms with Gasteiger partial charge in [0.05, 0.1) is 13.1 Å². The number of hydrogen-bond donors (Lipinski definition) is 1. The Labute approximate surface area is 196 Å². The molecule has 0 saturated carbocycles. The summed E-state index contributed by atoms with van der Waals surface area (Å²) in [5.74, 6) is 0.899. The van der Waals surface area contributed by atoms with Crippen molar-refractivity contribution in [2.24, 2.45) is 0 Å². The number of ether oxygens (including phenoxy) is 1. The molecule has 32 heavy (non-hydrogen) atoms. The minimum Gasteiger partial charge on any atom is -0.490 e. The summed E-state index contributed by atoms with van der Waals surface area (Å²) < 4.78 is 7.22. The molecular formula is C29H44NO2+. The third kappa shape index (κ3) is 6.36. The molecule has 2 aromatic carbocycles. The molecular weight excluding hydrogens is 394 g/mol. The molecule has 1 aliphatic rings. The lowest BCUT2D eigenvalue weighted by Gasteiger charge is -2.36. The standard InChI is InChI=1S/C29H44NO2/c1-22-10-12-23(13-11-22)19-30(16-8-9-17-30)20-25(31)21-32-27-15-14-24(28(2,3)4)18-26(27)29(5,6)7/h10-15,18,25,31H,8-9,16-17,19-21H2,1-7H3/q+1. The highest BCUT2D eigenvalue weighted by Gasteiger charge is 2.35. The summed E-state index contributed by atoms with van der Waals surface area (Å²) in [4.78, 5) is 0. The van der Waals surface area contributed by atoms with Gasteiger partial charge in [-0.25, -0.2) is 0 Å². The summed E-state index contributed by atoms with van der Waals surface area (Å²) in [6.45, 7) is 19.9. The predicted molar refractivity (Wildman–Crippen MR) is 134 cm³/mol. The monoisotopic (exact) mass is 438 g/mol. The quantitative estimate of drug-likeness (QED) is 0.526. The van der Waals surface area contributed by atoms with Crippen LogP contribution >= 0.6 is 0 Å². The highest BCUT2D eigenvalue weighted by molar-refractivity contribution is 5.43. The van der Waals surface area contributed by atoms with Crippen LogP contribution in [0.4, 0.5) is 0 Å². The first kappa shape index (κ1) is 24.8. The molecule has 1 aliphatic heterocycles. The Morgan fingerprint density at radius 1 is 0.906 bits per heavy atom. The molecule has 1 atom stereocenters. The van der Waals surface area contributed by atoms with E-state index in [1.807, 2.05) is 0 Å². The first-order chi connectivity index (χ1) is 14.9. The maximum atomic E-state index is 11.0. The average molecular weight is 439 g/mol. The van der Waals surface area contributed by atoms with E-state index in [-0.39, 0.29) is 10.8 Å². The maximum absolute atomic E-state index is 11.0. The van der Waals surface area contributed by atoms with E-state index < -0.39 is 6.10 Å². The summed E-state index contributed by atoms with van der Waals surface area (Å²) in [7, 11) is 0. The second kappa shape index (κ2) is 9.57. The molecule has 176 valence electrons. The lowest BCUT2D eigenvalue weighted by Crippen LogP contribution is -2.50. The van der Waals surface area contributed by atoms with Gasteiger partial charge in [0.25, 0.3) is 0 Å². The lowest BCUT2D eigenvalue weighted by atomic mass is 9.80. The molecule has 3 heteroatoms. The molecule has 3 rings (SSSR count). The molecule has 1 heterocycles. The van der Waals surface area contributed by atoms with Gasteiger partial charge in [0.2, 0.25) is 0 Å². The van der Waals surface area contributed by atoms with Crippen LogP contribution in [0.1, 0.15) is 76.6 Å². The van der Waals surface area contributed by atoms with Crippen molar-refractivity contribution in [2.45, 2.75) is 84.8 Å². The molecule has 0 radical (unpaired) electrons. The van der Waals surface area contributed by atoms with E-state index in [0.717, 1.165) is 36.4 Å². The number of aliphatic hydroxyl groups excluding tert-OH is 1. The van der Waals surface area contributed by atoms with Crippen LogP contribution in [0.25, 0.3) is 0 Å². The number of hydrogen-bond acceptors (Lipinski definition) is 2. The van der Waals surface area contributed by atoms with Crippen molar-refractivity contribution in [2.75, 3.05) is 26.2 Å². The van der Waals surface area contributed by atoms with E-state index in [4.69, 9.17) is 4.74 Å². The van der Waals surface area contributed by atoms with Crippen LogP contribution in [0.3, 0.4) is 0 Å². The fourth-order valence-electron chi connectivity index (χ4n) is 4.89. The van der Waals surface area contributed by atoms with Gasteiger partial charge in [-0.2, -0.15) is 0 Å². The Kier molecular flexibility index (Phi) is 7.41. The van der Waals surface area contributed by atoms with Gasteiger partial charge in [0.1, 0.15) is 31.5 Å². The molecule has 1 saturated heterocycles. The summed E-state index contributed by atoms with van der Waals surface area (Å²) in [6.07, 6.45) is 2.00. The third-order valence-electron chi connectivity index (χ3n) is 6.84. The van der Waals surface area contributed by atoms with Crippen LogP contribution in [0.2, 0.25) is 0 Å². The number of quaternary nitrogens is 1. The van der Waals surface area contributed by atoms with Crippen molar-refractivity contribution < 1.29 is 14.3 Å². The Morgan fingerprint density at radius 2 is 1.53 bits per heavy atom. The highest BCUT2D eigenvalue weighted by atomic mass is 16.5. The molecule has 1 unspecified atom stereocenters. The second-order valence-corrected chi connectivity index (χ2v) is 12.0. The number of aliphatic hydroxyl groups is 1. The van der Waals surface area contributed by atoms with E-state index >= 15 is 0 Å². The topological polar surface area (TPSA) is 29.5 Å². The van der Waals surface area contributed by atoms with Gasteiger partial charge in [-0.15, -0.1) is 0 Å². The normalized spacial score (nSPS) is 17.4. The molecule has 2 aromatic rings. The van der Waals surface area contributed by atoms with Crippen LogP contribution in [-0.4, -0.2) is 41.9 Å². The van der Waals surface area contributed by atoms with Crippen molar-refractivity contribution in [3.05, 3.63) is 64.7 Å². The third-order valence-corrected chi connectivity index (χ3v) is 6.84. The first-order valence-corrected chi connectivity index (χ1v) is 12.2. The smallest absolute Gasteiger partial charge is 0.137 e. The van der Waals surface area contributed by atoms with Gasteiger partial charge >= 0.3 is 0 Å². The highest BCUT2D eigenvalue weighted by Crippen LogP contribution is 2.35. The largest absolute Gasteiger partial charge is 0.490 e. The Bertz CT molecular complexity index is 881. The van der Waals surface area contributed by atoms with Crippen LogP contribution in [0.15, 0.2) is 42.5 Å². The van der Waals surface area contributed by atoms with E-state index in [0.29, 0.717) is 6.61 Å². The van der Waals surface area contributed by atoms with Crippen LogP contribution in [0, 0.1) is 6.92 Å². The summed E-state index contributed by atoms with van der Waals surface area (Å²) in [5, 5.41) is 11.0. The van der Waals surface area contributed by atoms with Gasteiger partial charge < -0.3 is 14.3 Å². The molecule has 0 amide bonds. The van der Waals surface area contributed by atoms with E-state index in [1.165, 1.54) is 35.1 Å². The first-order valence-electron chi connectivity index (χ1n) is 12.2. The fourth-order valence-corrected chi connectivity index (χ4v) is 4.89. The summed E-state index contributed by atoms with van der Waals surface area (Å²) >= 11 is 0. The van der Waals surface area contributed by atoms with Gasteiger partial charge in [-0.05, 0) is 34.9 Å². The van der Waals surface area contributed by atoms with Crippen molar-refractivity contribution in [1.29, 1.82) is 0 Å². The Morgan fingerprint density at radius 3 is 2.09 bits per heavy atom. The zero-order valence-electron chi connectivity index (χ0n) is 21.4. The van der Waals surface area contributed by atoms with E-state index in [1.54, 1.807) is 0 Å². The van der Waals surface area contributed by atoms with Gasteiger partial charge in [-0.3, -0.25) is 0 Å². The zero-order valence-corrected chi connectivity index (χ0v) is 21.4.